The van der Waals surface area contributed by atoms with Gasteiger partial charge in [-0.15, -0.1) is 0 Å². The molecule has 0 saturated carbocycles. The standard InChI is InChI=1S/C12H14N4O2/c13-9-3-1-2-8-10(4-5-16-11(8)9)15-6-7-18-12(14)17/h1-5H,6-7,13H2,(H2,14,17)(H,15,16). The van der Waals surface area contributed by atoms with Crippen molar-refractivity contribution in [2.24, 2.45) is 5.73 Å². The highest BCUT2D eigenvalue weighted by Gasteiger charge is 2.03. The molecular formula is C12H14N4O2. The van der Waals surface area contributed by atoms with E-state index in [0.717, 1.165) is 16.6 Å². The van der Waals surface area contributed by atoms with Crippen LogP contribution in [0.3, 0.4) is 0 Å². The number of nitrogens with zero attached hydrogens (tertiary/aromatic N) is 1. The maximum atomic E-state index is 10.4. The molecule has 0 bridgehead atoms. The van der Waals surface area contributed by atoms with Crippen molar-refractivity contribution in [1.29, 1.82) is 0 Å². The van der Waals surface area contributed by atoms with E-state index in [0.29, 0.717) is 12.2 Å². The first-order valence-electron chi connectivity index (χ1n) is 5.48. The summed E-state index contributed by atoms with van der Waals surface area (Å²) in [6.07, 6.45) is 0.899. The molecule has 1 heterocycles. The van der Waals surface area contributed by atoms with Gasteiger partial charge in [0, 0.05) is 23.8 Å². The first-order valence-corrected chi connectivity index (χ1v) is 5.48. The highest BCUT2D eigenvalue weighted by Crippen LogP contribution is 2.25. The number of benzene rings is 1. The van der Waals surface area contributed by atoms with Crippen molar-refractivity contribution in [3.8, 4) is 0 Å². The lowest BCUT2D eigenvalue weighted by molar-refractivity contribution is 0.161. The maximum absolute atomic E-state index is 10.4. The fourth-order valence-electron chi connectivity index (χ4n) is 1.69. The lowest BCUT2D eigenvalue weighted by Gasteiger charge is -2.10. The zero-order valence-electron chi connectivity index (χ0n) is 9.72. The average Bonchev–Trinajstić information content (AvgIpc) is 2.35. The summed E-state index contributed by atoms with van der Waals surface area (Å²) < 4.78 is 4.64. The number of primary amides is 1. The van der Waals surface area contributed by atoms with E-state index < -0.39 is 6.09 Å². The van der Waals surface area contributed by atoms with Crippen LogP contribution < -0.4 is 16.8 Å². The van der Waals surface area contributed by atoms with E-state index >= 15 is 0 Å². The number of hydrogen-bond acceptors (Lipinski definition) is 5. The highest BCUT2D eigenvalue weighted by molar-refractivity contribution is 5.97. The molecule has 0 aliphatic rings. The van der Waals surface area contributed by atoms with Crippen LogP contribution in [0.2, 0.25) is 0 Å². The van der Waals surface area contributed by atoms with Crippen LogP contribution >= 0.6 is 0 Å². The van der Waals surface area contributed by atoms with Crippen molar-refractivity contribution in [2.45, 2.75) is 0 Å². The lowest BCUT2D eigenvalue weighted by Crippen LogP contribution is -2.18. The highest BCUT2D eigenvalue weighted by atomic mass is 16.5. The zero-order chi connectivity index (χ0) is 13.0. The third-order valence-electron chi connectivity index (χ3n) is 2.46. The Bertz CT molecular complexity index is 571. The van der Waals surface area contributed by atoms with Gasteiger partial charge in [-0.25, -0.2) is 4.79 Å². The number of fused-ring (bicyclic) bond motifs is 1. The second kappa shape index (κ2) is 5.22. The minimum atomic E-state index is -0.777. The molecule has 0 atom stereocenters. The van der Waals surface area contributed by atoms with Gasteiger partial charge in [0.15, 0.2) is 0 Å². The van der Waals surface area contributed by atoms with Crippen LogP contribution in [0, 0.1) is 0 Å². The number of anilines is 2. The summed E-state index contributed by atoms with van der Waals surface area (Å²) in [5.41, 5.74) is 13.0. The van der Waals surface area contributed by atoms with E-state index in [2.05, 4.69) is 15.0 Å². The summed E-state index contributed by atoms with van der Waals surface area (Å²) in [5, 5.41) is 4.07. The molecule has 94 valence electrons. The molecule has 0 spiro atoms. The molecule has 1 aromatic heterocycles. The van der Waals surface area contributed by atoms with Gasteiger partial charge >= 0.3 is 6.09 Å². The summed E-state index contributed by atoms with van der Waals surface area (Å²) in [5.74, 6) is 0. The van der Waals surface area contributed by atoms with Crippen LogP contribution in [0.25, 0.3) is 10.9 Å². The molecule has 1 aromatic carbocycles. The molecule has 0 fully saturated rings. The second-order valence-corrected chi connectivity index (χ2v) is 3.70. The molecule has 5 N–H and O–H groups in total. The molecule has 6 nitrogen and oxygen atoms in total. The Labute approximate surface area is 104 Å². The Morgan fingerprint density at radius 2 is 2.22 bits per heavy atom. The van der Waals surface area contributed by atoms with Crippen LogP contribution in [-0.2, 0) is 4.74 Å². The molecule has 0 unspecified atom stereocenters. The number of nitrogen functional groups attached to an aromatic ring is 1. The predicted molar refractivity (Wildman–Crippen MR) is 70.2 cm³/mol. The van der Waals surface area contributed by atoms with E-state index in [-0.39, 0.29) is 6.61 Å². The Hall–Kier alpha value is -2.50. The van der Waals surface area contributed by atoms with E-state index in [4.69, 9.17) is 11.5 Å². The molecule has 0 radical (unpaired) electrons. The minimum Gasteiger partial charge on any atom is -0.448 e. The number of pyridine rings is 1. The third kappa shape index (κ3) is 2.60. The fraction of sp³-hybridized carbons (Fsp3) is 0.167. The molecule has 0 aliphatic carbocycles. The number of hydrogen-bond donors (Lipinski definition) is 3. The van der Waals surface area contributed by atoms with Crippen LogP contribution in [0.15, 0.2) is 30.5 Å². The number of carbonyl (C=O) groups excluding carboxylic acids is 1. The van der Waals surface area contributed by atoms with Crippen molar-refractivity contribution in [2.75, 3.05) is 24.2 Å². The SMILES string of the molecule is NC(=O)OCCNc1ccnc2c(N)cccc12. The summed E-state index contributed by atoms with van der Waals surface area (Å²) in [6.45, 7) is 0.679. The quantitative estimate of drug-likeness (QED) is 0.557. The molecule has 6 heteroatoms. The van der Waals surface area contributed by atoms with Crippen molar-refractivity contribution >= 4 is 28.4 Å². The van der Waals surface area contributed by atoms with Crippen LogP contribution in [0.4, 0.5) is 16.2 Å². The lowest BCUT2D eigenvalue weighted by atomic mass is 10.1. The monoisotopic (exact) mass is 246 g/mol. The molecule has 2 aromatic rings. The van der Waals surface area contributed by atoms with Crippen LogP contribution in [0.1, 0.15) is 0 Å². The number of nitrogens with one attached hydrogen (secondary N) is 1. The van der Waals surface area contributed by atoms with Crippen molar-refractivity contribution in [1.82, 2.24) is 4.98 Å². The topological polar surface area (TPSA) is 103 Å². The predicted octanol–water partition coefficient (Wildman–Crippen LogP) is 1.32. The number of ether oxygens (including phenoxy) is 1. The Morgan fingerprint density at radius 3 is 3.00 bits per heavy atom. The van der Waals surface area contributed by atoms with Gasteiger partial charge in [0.05, 0.1) is 11.2 Å². The van der Waals surface area contributed by atoms with E-state index in [9.17, 15) is 4.79 Å². The van der Waals surface area contributed by atoms with Gasteiger partial charge in [0.2, 0.25) is 0 Å². The number of para-hydroxylation sites is 1. The first-order chi connectivity index (χ1) is 8.68. The summed E-state index contributed by atoms with van der Waals surface area (Å²) in [6, 6.07) is 7.43. The molecular weight excluding hydrogens is 232 g/mol. The first kappa shape index (κ1) is 12.0. The minimum absolute atomic E-state index is 0.210. The van der Waals surface area contributed by atoms with E-state index in [1.54, 1.807) is 12.3 Å². The number of amides is 1. The fourth-order valence-corrected chi connectivity index (χ4v) is 1.69. The molecule has 0 saturated heterocycles. The van der Waals surface area contributed by atoms with Gasteiger partial charge in [-0.05, 0) is 12.1 Å². The van der Waals surface area contributed by atoms with Crippen molar-refractivity contribution in [3.63, 3.8) is 0 Å². The second-order valence-electron chi connectivity index (χ2n) is 3.70. The largest absolute Gasteiger partial charge is 0.448 e. The smallest absolute Gasteiger partial charge is 0.404 e. The maximum Gasteiger partial charge on any atom is 0.404 e. The van der Waals surface area contributed by atoms with Gasteiger partial charge in [0.25, 0.3) is 0 Å². The van der Waals surface area contributed by atoms with E-state index in [1.165, 1.54) is 0 Å². The Balaban J connectivity index is 2.13. The molecule has 2 rings (SSSR count). The van der Waals surface area contributed by atoms with Gasteiger partial charge < -0.3 is 21.5 Å². The van der Waals surface area contributed by atoms with Crippen molar-refractivity contribution < 1.29 is 9.53 Å². The zero-order valence-corrected chi connectivity index (χ0v) is 9.72. The Morgan fingerprint density at radius 1 is 1.39 bits per heavy atom. The van der Waals surface area contributed by atoms with Crippen LogP contribution in [0.5, 0.6) is 0 Å². The van der Waals surface area contributed by atoms with Gasteiger partial charge in [-0.2, -0.15) is 0 Å². The average molecular weight is 246 g/mol. The number of carbonyl (C=O) groups is 1. The molecule has 0 aliphatic heterocycles. The number of rotatable bonds is 4. The summed E-state index contributed by atoms with van der Waals surface area (Å²) in [4.78, 5) is 14.6. The van der Waals surface area contributed by atoms with Crippen LogP contribution in [-0.4, -0.2) is 24.2 Å². The van der Waals surface area contributed by atoms with Gasteiger partial charge in [-0.1, -0.05) is 12.1 Å². The van der Waals surface area contributed by atoms with Crippen molar-refractivity contribution in [3.05, 3.63) is 30.5 Å². The molecule has 18 heavy (non-hydrogen) atoms. The summed E-state index contributed by atoms with van der Waals surface area (Å²) >= 11 is 0. The normalized spacial score (nSPS) is 10.2. The molecule has 1 amide bonds. The summed E-state index contributed by atoms with van der Waals surface area (Å²) in [7, 11) is 0. The Kier molecular flexibility index (Phi) is 3.47. The van der Waals surface area contributed by atoms with Gasteiger partial charge in [-0.3, -0.25) is 4.98 Å². The van der Waals surface area contributed by atoms with E-state index in [1.807, 2.05) is 18.2 Å². The number of aromatic nitrogens is 1. The third-order valence-corrected chi connectivity index (χ3v) is 2.46. The van der Waals surface area contributed by atoms with Gasteiger partial charge in [0.1, 0.15) is 6.61 Å². The number of nitrogens with two attached hydrogens (primary N) is 2.